The number of rotatable bonds is 3. The molecule has 0 aromatic heterocycles. The van der Waals surface area contributed by atoms with E-state index in [1.807, 2.05) is 24.3 Å². The van der Waals surface area contributed by atoms with Gasteiger partial charge in [0.2, 0.25) is 0 Å². The summed E-state index contributed by atoms with van der Waals surface area (Å²) in [6.45, 7) is 0. The lowest BCUT2D eigenvalue weighted by atomic mass is 10.1. The van der Waals surface area contributed by atoms with Gasteiger partial charge in [-0.15, -0.1) is 0 Å². The third kappa shape index (κ3) is 1.50. The smallest absolute Gasteiger partial charge is 0.153 e. The van der Waals surface area contributed by atoms with Gasteiger partial charge >= 0.3 is 0 Å². The molecule has 0 saturated heterocycles. The topological polar surface area (TPSA) is 35.5 Å². The Morgan fingerprint density at radius 2 is 1.81 bits per heavy atom. The molecule has 0 unspecified atom stereocenters. The maximum absolute atomic E-state index is 10.9. The van der Waals surface area contributed by atoms with E-state index in [1.54, 1.807) is 20.3 Å². The number of carbonyl (C=O) groups excluding carboxylic acids is 1. The third-order valence-electron chi connectivity index (χ3n) is 2.55. The second-order valence-corrected chi connectivity index (χ2v) is 3.36. The molecule has 0 aliphatic rings. The summed E-state index contributed by atoms with van der Waals surface area (Å²) < 4.78 is 10.5. The fourth-order valence-electron chi connectivity index (χ4n) is 1.82. The lowest BCUT2D eigenvalue weighted by molar-refractivity contribution is 0.112. The van der Waals surface area contributed by atoms with Gasteiger partial charge in [-0.1, -0.05) is 12.1 Å². The Balaban J connectivity index is 2.83. The molecule has 2 aromatic rings. The van der Waals surface area contributed by atoms with Crippen molar-refractivity contribution in [1.29, 1.82) is 0 Å². The zero-order chi connectivity index (χ0) is 11.5. The van der Waals surface area contributed by atoms with Crippen LogP contribution in [0.15, 0.2) is 30.3 Å². The van der Waals surface area contributed by atoms with Gasteiger partial charge in [0.1, 0.15) is 11.5 Å². The van der Waals surface area contributed by atoms with E-state index >= 15 is 0 Å². The summed E-state index contributed by atoms with van der Waals surface area (Å²) in [6.07, 6.45) is 0.789. The fraction of sp³-hybridized carbons (Fsp3) is 0.154. The van der Waals surface area contributed by atoms with Gasteiger partial charge in [0.25, 0.3) is 0 Å². The van der Waals surface area contributed by atoms with Crippen molar-refractivity contribution in [2.45, 2.75) is 0 Å². The molecule has 0 saturated carbocycles. The average molecular weight is 216 g/mol. The molecule has 0 amide bonds. The van der Waals surface area contributed by atoms with Gasteiger partial charge in [-0.3, -0.25) is 4.79 Å². The monoisotopic (exact) mass is 216 g/mol. The first-order valence-corrected chi connectivity index (χ1v) is 4.90. The number of hydrogen-bond donors (Lipinski definition) is 0. The van der Waals surface area contributed by atoms with Gasteiger partial charge in [0.15, 0.2) is 6.29 Å². The summed E-state index contributed by atoms with van der Waals surface area (Å²) in [5.41, 5.74) is 0.545. The summed E-state index contributed by atoms with van der Waals surface area (Å²) in [5, 5.41) is 1.82. The van der Waals surface area contributed by atoms with E-state index < -0.39 is 0 Å². The highest BCUT2D eigenvalue weighted by Crippen LogP contribution is 2.33. The molecule has 0 aliphatic carbocycles. The predicted octanol–water partition coefficient (Wildman–Crippen LogP) is 2.67. The van der Waals surface area contributed by atoms with Crippen LogP contribution in [0.4, 0.5) is 0 Å². The van der Waals surface area contributed by atoms with Crippen molar-refractivity contribution < 1.29 is 14.3 Å². The Hall–Kier alpha value is -2.03. The van der Waals surface area contributed by atoms with Crippen LogP contribution in [0.5, 0.6) is 11.5 Å². The van der Waals surface area contributed by atoms with Crippen LogP contribution in [0.25, 0.3) is 10.8 Å². The maximum Gasteiger partial charge on any atom is 0.153 e. The maximum atomic E-state index is 10.9. The van der Waals surface area contributed by atoms with Gasteiger partial charge < -0.3 is 9.47 Å². The third-order valence-corrected chi connectivity index (χ3v) is 2.55. The van der Waals surface area contributed by atoms with Crippen LogP contribution < -0.4 is 9.47 Å². The number of hydrogen-bond acceptors (Lipinski definition) is 3. The molecule has 16 heavy (non-hydrogen) atoms. The molecule has 3 nitrogen and oxygen atoms in total. The largest absolute Gasteiger partial charge is 0.496 e. The SMILES string of the molecule is COc1cccc2c(OC)c(C=O)ccc12. The second-order valence-electron chi connectivity index (χ2n) is 3.36. The van der Waals surface area contributed by atoms with E-state index in [2.05, 4.69) is 0 Å². The zero-order valence-electron chi connectivity index (χ0n) is 9.19. The molecule has 2 rings (SSSR count). The Kier molecular flexibility index (Phi) is 2.77. The molecule has 82 valence electrons. The molecule has 0 bridgehead atoms. The Labute approximate surface area is 93.6 Å². The van der Waals surface area contributed by atoms with E-state index in [0.717, 1.165) is 22.8 Å². The molecule has 2 aromatic carbocycles. The first kappa shape index (κ1) is 10.5. The highest BCUT2D eigenvalue weighted by atomic mass is 16.5. The quantitative estimate of drug-likeness (QED) is 0.740. The summed E-state index contributed by atoms with van der Waals surface area (Å²) in [7, 11) is 3.18. The van der Waals surface area contributed by atoms with Crippen LogP contribution in [-0.2, 0) is 0 Å². The van der Waals surface area contributed by atoms with Crippen LogP contribution in [0.1, 0.15) is 10.4 Å². The normalized spacial score (nSPS) is 10.1. The molecule has 0 spiro atoms. The number of methoxy groups -OCH3 is 2. The van der Waals surface area contributed by atoms with Crippen molar-refractivity contribution in [3.8, 4) is 11.5 Å². The van der Waals surface area contributed by atoms with Crippen molar-refractivity contribution >= 4 is 17.1 Å². The molecular weight excluding hydrogens is 204 g/mol. The number of aldehydes is 1. The Bertz CT molecular complexity index is 532. The number of ether oxygens (including phenoxy) is 2. The fourth-order valence-corrected chi connectivity index (χ4v) is 1.82. The molecule has 0 N–H and O–H groups in total. The lowest BCUT2D eigenvalue weighted by Gasteiger charge is -2.10. The van der Waals surface area contributed by atoms with Crippen LogP contribution in [0.2, 0.25) is 0 Å². The van der Waals surface area contributed by atoms with Gasteiger partial charge in [0.05, 0.1) is 19.8 Å². The van der Waals surface area contributed by atoms with E-state index in [-0.39, 0.29) is 0 Å². The Morgan fingerprint density at radius 1 is 1.00 bits per heavy atom. The van der Waals surface area contributed by atoms with Gasteiger partial charge in [-0.25, -0.2) is 0 Å². The van der Waals surface area contributed by atoms with Crippen LogP contribution in [0, 0.1) is 0 Å². The standard InChI is InChI=1S/C13H12O3/c1-15-12-5-3-4-11-10(12)7-6-9(8-14)13(11)16-2/h3-8H,1-2H3. The summed E-state index contributed by atoms with van der Waals surface area (Å²) in [6, 6.07) is 9.25. The highest BCUT2D eigenvalue weighted by molar-refractivity contribution is 5.99. The minimum atomic E-state index is 0.545. The van der Waals surface area contributed by atoms with Crippen molar-refractivity contribution in [2.24, 2.45) is 0 Å². The molecular formula is C13H12O3. The van der Waals surface area contributed by atoms with Crippen molar-refractivity contribution in [2.75, 3.05) is 14.2 Å². The molecule has 0 fully saturated rings. The number of benzene rings is 2. The van der Waals surface area contributed by atoms with Gasteiger partial charge in [-0.05, 0) is 18.2 Å². The lowest BCUT2D eigenvalue weighted by Crippen LogP contribution is -1.93. The minimum absolute atomic E-state index is 0.545. The molecule has 0 heterocycles. The second kappa shape index (κ2) is 4.23. The first-order valence-electron chi connectivity index (χ1n) is 4.90. The van der Waals surface area contributed by atoms with Crippen LogP contribution in [-0.4, -0.2) is 20.5 Å². The van der Waals surface area contributed by atoms with Crippen LogP contribution >= 0.6 is 0 Å². The first-order chi connectivity index (χ1) is 7.81. The molecule has 0 radical (unpaired) electrons. The summed E-state index contributed by atoms with van der Waals surface area (Å²) >= 11 is 0. The zero-order valence-corrected chi connectivity index (χ0v) is 9.19. The van der Waals surface area contributed by atoms with Crippen LogP contribution in [0.3, 0.4) is 0 Å². The molecule has 0 aliphatic heterocycles. The highest BCUT2D eigenvalue weighted by Gasteiger charge is 2.09. The van der Waals surface area contributed by atoms with Crippen molar-refractivity contribution in [1.82, 2.24) is 0 Å². The predicted molar refractivity (Wildman–Crippen MR) is 62.4 cm³/mol. The van der Waals surface area contributed by atoms with E-state index in [0.29, 0.717) is 11.3 Å². The van der Waals surface area contributed by atoms with E-state index in [1.165, 1.54) is 0 Å². The number of fused-ring (bicyclic) bond motifs is 1. The Morgan fingerprint density at radius 3 is 2.44 bits per heavy atom. The molecule has 0 atom stereocenters. The number of carbonyl (C=O) groups is 1. The minimum Gasteiger partial charge on any atom is -0.496 e. The molecule has 3 heteroatoms. The van der Waals surface area contributed by atoms with Crippen molar-refractivity contribution in [3.63, 3.8) is 0 Å². The van der Waals surface area contributed by atoms with Gasteiger partial charge in [-0.2, -0.15) is 0 Å². The van der Waals surface area contributed by atoms with E-state index in [9.17, 15) is 4.79 Å². The summed E-state index contributed by atoms with van der Waals surface area (Å²) in [5.74, 6) is 1.36. The van der Waals surface area contributed by atoms with Gasteiger partial charge in [0, 0.05) is 10.8 Å². The summed E-state index contributed by atoms with van der Waals surface area (Å²) in [4.78, 5) is 10.9. The van der Waals surface area contributed by atoms with Crippen molar-refractivity contribution in [3.05, 3.63) is 35.9 Å². The van der Waals surface area contributed by atoms with E-state index in [4.69, 9.17) is 9.47 Å². The average Bonchev–Trinajstić information content (AvgIpc) is 2.36.